The Hall–Kier alpha value is -3.56. The van der Waals surface area contributed by atoms with Gasteiger partial charge >= 0.3 is 12.2 Å². The molecule has 7 nitrogen and oxygen atoms in total. The first-order chi connectivity index (χ1) is 13.7. The lowest BCUT2D eigenvalue weighted by atomic mass is 10.1. The molecule has 2 aromatic rings. The van der Waals surface area contributed by atoms with Crippen molar-refractivity contribution in [2.45, 2.75) is 18.4 Å². The van der Waals surface area contributed by atoms with Gasteiger partial charge in [0.25, 0.3) is 17.5 Å². The molecule has 152 valence electrons. The number of halogens is 3. The van der Waals surface area contributed by atoms with Gasteiger partial charge in [-0.3, -0.25) is 19.8 Å². The van der Waals surface area contributed by atoms with Crippen molar-refractivity contribution in [1.29, 1.82) is 0 Å². The third-order valence-electron chi connectivity index (χ3n) is 4.37. The predicted octanol–water partition coefficient (Wildman–Crippen LogP) is 2.44. The van der Waals surface area contributed by atoms with Crippen molar-refractivity contribution in [3.8, 4) is 5.75 Å². The monoisotopic (exact) mass is 407 g/mol. The van der Waals surface area contributed by atoms with E-state index in [0.29, 0.717) is 16.2 Å². The number of nitrogens with one attached hydrogen (secondary N) is 2. The van der Waals surface area contributed by atoms with Crippen LogP contribution in [0.3, 0.4) is 0 Å². The summed E-state index contributed by atoms with van der Waals surface area (Å²) in [4.78, 5) is 37.6. The fraction of sp³-hybridized carbons (Fsp3) is 0.211. The van der Waals surface area contributed by atoms with Crippen LogP contribution in [-0.2, 0) is 11.3 Å². The standard InChI is InChI=1S/C19H16F3N3O4/c1-29-14-9-7-13(8-10-14)15(26)23-18(19(20,21)22)16(27)25(17(28)24-18)11-12-5-3-2-4-6-12/h2-10H,11H2,1H3,(H,23,26)(H,24,28)/t18-/m0/s1. The number of ether oxygens (including phenoxy) is 1. The second kappa shape index (κ2) is 7.46. The predicted molar refractivity (Wildman–Crippen MR) is 94.8 cm³/mol. The maximum atomic E-state index is 13.8. The summed E-state index contributed by atoms with van der Waals surface area (Å²) in [5.74, 6) is -2.40. The molecule has 1 fully saturated rings. The number of urea groups is 1. The second-order valence-electron chi connectivity index (χ2n) is 6.24. The highest BCUT2D eigenvalue weighted by atomic mass is 19.4. The maximum absolute atomic E-state index is 13.8. The van der Waals surface area contributed by atoms with E-state index in [9.17, 15) is 27.6 Å². The van der Waals surface area contributed by atoms with E-state index in [4.69, 9.17) is 4.74 Å². The first-order valence-electron chi connectivity index (χ1n) is 8.39. The average Bonchev–Trinajstić information content (AvgIpc) is 2.94. The molecule has 0 unspecified atom stereocenters. The Balaban J connectivity index is 1.89. The van der Waals surface area contributed by atoms with Crippen molar-refractivity contribution < 1.29 is 32.3 Å². The van der Waals surface area contributed by atoms with Gasteiger partial charge in [0.05, 0.1) is 13.7 Å². The van der Waals surface area contributed by atoms with Crippen LogP contribution in [0, 0.1) is 0 Å². The van der Waals surface area contributed by atoms with Gasteiger partial charge in [-0.2, -0.15) is 13.2 Å². The lowest BCUT2D eigenvalue weighted by molar-refractivity contribution is -0.200. The Morgan fingerprint density at radius 2 is 1.72 bits per heavy atom. The lowest BCUT2D eigenvalue weighted by Crippen LogP contribution is -2.69. The van der Waals surface area contributed by atoms with E-state index < -0.39 is 29.7 Å². The minimum atomic E-state index is -5.27. The van der Waals surface area contributed by atoms with Crippen LogP contribution >= 0.6 is 0 Å². The number of hydrogen-bond donors (Lipinski definition) is 2. The molecular formula is C19H16F3N3O4. The number of methoxy groups -OCH3 is 1. The summed E-state index contributed by atoms with van der Waals surface area (Å²) in [7, 11) is 1.39. The highest BCUT2D eigenvalue weighted by Gasteiger charge is 2.68. The van der Waals surface area contributed by atoms with E-state index in [1.807, 2.05) is 0 Å². The average molecular weight is 407 g/mol. The van der Waals surface area contributed by atoms with Gasteiger partial charge in [-0.25, -0.2) is 4.79 Å². The molecule has 0 aromatic heterocycles. The molecule has 1 heterocycles. The summed E-state index contributed by atoms with van der Waals surface area (Å²) in [5, 5.41) is 3.26. The molecule has 3 rings (SSSR count). The van der Waals surface area contributed by atoms with Gasteiger partial charge in [0.2, 0.25) is 0 Å². The minimum Gasteiger partial charge on any atom is -0.497 e. The highest BCUT2D eigenvalue weighted by molar-refractivity contribution is 6.10. The molecule has 1 aliphatic rings. The van der Waals surface area contributed by atoms with Crippen LogP contribution in [0.4, 0.5) is 18.0 Å². The molecule has 1 saturated heterocycles. The van der Waals surface area contributed by atoms with E-state index in [1.165, 1.54) is 31.4 Å². The van der Waals surface area contributed by atoms with Crippen molar-refractivity contribution >= 4 is 17.8 Å². The van der Waals surface area contributed by atoms with E-state index in [0.717, 1.165) is 0 Å². The summed E-state index contributed by atoms with van der Waals surface area (Å²) >= 11 is 0. The van der Waals surface area contributed by atoms with Crippen LogP contribution in [-0.4, -0.2) is 41.7 Å². The fourth-order valence-electron chi connectivity index (χ4n) is 2.82. The summed E-state index contributed by atoms with van der Waals surface area (Å²) in [6.45, 7) is -0.373. The van der Waals surface area contributed by atoms with E-state index >= 15 is 0 Å². The third-order valence-corrected chi connectivity index (χ3v) is 4.37. The van der Waals surface area contributed by atoms with E-state index in [1.54, 1.807) is 41.0 Å². The largest absolute Gasteiger partial charge is 0.497 e. The van der Waals surface area contributed by atoms with Crippen molar-refractivity contribution in [2.24, 2.45) is 0 Å². The quantitative estimate of drug-likeness (QED) is 0.746. The molecule has 4 amide bonds. The topological polar surface area (TPSA) is 87.7 Å². The molecule has 0 aliphatic carbocycles. The molecule has 0 radical (unpaired) electrons. The molecule has 1 atom stereocenters. The number of rotatable bonds is 5. The van der Waals surface area contributed by atoms with Crippen LogP contribution in [0.1, 0.15) is 15.9 Å². The zero-order chi connectivity index (χ0) is 21.2. The summed E-state index contributed by atoms with van der Waals surface area (Å²) in [5.41, 5.74) is -3.25. The molecule has 2 N–H and O–H groups in total. The Kier molecular flexibility index (Phi) is 5.19. The van der Waals surface area contributed by atoms with Crippen LogP contribution in [0.2, 0.25) is 0 Å². The molecule has 29 heavy (non-hydrogen) atoms. The molecule has 10 heteroatoms. The summed E-state index contributed by atoms with van der Waals surface area (Å²) in [6.07, 6.45) is -5.27. The zero-order valence-electron chi connectivity index (χ0n) is 15.1. The number of nitrogens with zero attached hydrogens (tertiary/aromatic N) is 1. The number of benzene rings is 2. The number of imide groups is 1. The van der Waals surface area contributed by atoms with Gasteiger partial charge in [-0.05, 0) is 29.8 Å². The van der Waals surface area contributed by atoms with Crippen molar-refractivity contribution in [3.05, 3.63) is 65.7 Å². The van der Waals surface area contributed by atoms with Crippen LogP contribution < -0.4 is 15.4 Å². The van der Waals surface area contributed by atoms with Crippen molar-refractivity contribution in [1.82, 2.24) is 15.5 Å². The first kappa shape index (κ1) is 20.2. The van der Waals surface area contributed by atoms with Gasteiger partial charge in [0, 0.05) is 5.56 Å². The number of amides is 4. The lowest BCUT2D eigenvalue weighted by Gasteiger charge is -2.29. The van der Waals surface area contributed by atoms with Crippen molar-refractivity contribution in [2.75, 3.05) is 7.11 Å². The smallest absolute Gasteiger partial charge is 0.440 e. The number of carbonyl (C=O) groups is 3. The summed E-state index contributed by atoms with van der Waals surface area (Å²) < 4.78 is 46.5. The molecule has 0 spiro atoms. The molecule has 1 aliphatic heterocycles. The first-order valence-corrected chi connectivity index (χ1v) is 8.39. The second-order valence-corrected chi connectivity index (χ2v) is 6.24. The number of hydrogen-bond acceptors (Lipinski definition) is 4. The Bertz CT molecular complexity index is 932. The third kappa shape index (κ3) is 3.73. The van der Waals surface area contributed by atoms with E-state index in [2.05, 4.69) is 0 Å². The number of alkyl halides is 3. The zero-order valence-corrected chi connectivity index (χ0v) is 15.1. The fourth-order valence-corrected chi connectivity index (χ4v) is 2.82. The van der Waals surface area contributed by atoms with Gasteiger partial charge in [0.1, 0.15) is 5.75 Å². The molecule has 0 saturated carbocycles. The minimum absolute atomic E-state index is 0.141. The van der Waals surface area contributed by atoms with Gasteiger partial charge in [-0.1, -0.05) is 30.3 Å². The van der Waals surface area contributed by atoms with Gasteiger partial charge in [-0.15, -0.1) is 0 Å². The SMILES string of the molecule is COc1ccc(C(=O)N[C@]2(C(F)(F)F)NC(=O)N(Cc3ccccc3)C2=O)cc1. The summed E-state index contributed by atoms with van der Waals surface area (Å²) in [6, 6.07) is 12.0. The number of carbonyl (C=O) groups excluding carboxylic acids is 3. The van der Waals surface area contributed by atoms with E-state index in [-0.39, 0.29) is 12.1 Å². The van der Waals surface area contributed by atoms with Gasteiger partial charge < -0.3 is 10.1 Å². The Morgan fingerprint density at radius 3 is 2.28 bits per heavy atom. The van der Waals surface area contributed by atoms with Crippen molar-refractivity contribution in [3.63, 3.8) is 0 Å². The normalized spacial score (nSPS) is 19.1. The highest BCUT2D eigenvalue weighted by Crippen LogP contribution is 2.34. The van der Waals surface area contributed by atoms with Crippen LogP contribution in [0.15, 0.2) is 54.6 Å². The Labute approximate surface area is 163 Å². The molecule has 0 bridgehead atoms. The molecular weight excluding hydrogens is 391 g/mol. The van der Waals surface area contributed by atoms with Crippen LogP contribution in [0.25, 0.3) is 0 Å². The Morgan fingerprint density at radius 1 is 1.10 bits per heavy atom. The van der Waals surface area contributed by atoms with Crippen LogP contribution in [0.5, 0.6) is 5.75 Å². The molecule has 2 aromatic carbocycles. The van der Waals surface area contributed by atoms with Gasteiger partial charge in [0.15, 0.2) is 0 Å². The maximum Gasteiger partial charge on any atom is 0.440 e.